The monoisotopic (exact) mass is 626 g/mol. The number of aromatic hydroxyl groups is 1. The van der Waals surface area contributed by atoms with Crippen LogP contribution in [0.25, 0.3) is 10.9 Å². The van der Waals surface area contributed by atoms with Crippen molar-refractivity contribution < 1.29 is 29.4 Å². The maximum Gasteiger partial charge on any atom is 0.326 e. The van der Waals surface area contributed by atoms with Crippen molar-refractivity contribution in [3.8, 4) is 5.75 Å². The number of fused-ring (bicyclic) bond motifs is 1. The summed E-state index contributed by atoms with van der Waals surface area (Å²) in [5.41, 5.74) is 19.1. The number of rotatable bonds is 16. The third kappa shape index (κ3) is 9.91. The molecule has 0 bridgehead atoms. The second-order valence-corrected chi connectivity index (χ2v) is 10.6. The van der Waals surface area contributed by atoms with E-state index in [-0.39, 0.29) is 43.3 Å². The van der Waals surface area contributed by atoms with Gasteiger partial charge in [0.05, 0.1) is 6.04 Å². The first-order valence-electron chi connectivity index (χ1n) is 13.9. The van der Waals surface area contributed by atoms with Gasteiger partial charge in [-0.25, -0.2) is 4.79 Å². The van der Waals surface area contributed by atoms with E-state index in [1.54, 1.807) is 18.3 Å². The minimum absolute atomic E-state index is 0.000713. The van der Waals surface area contributed by atoms with Gasteiger partial charge >= 0.3 is 5.97 Å². The number of carbonyl (C=O) groups is 4. The van der Waals surface area contributed by atoms with Gasteiger partial charge in [0.15, 0.2) is 5.96 Å². The molecule has 0 aliphatic heterocycles. The van der Waals surface area contributed by atoms with Gasteiger partial charge in [-0.15, -0.1) is 0 Å². The summed E-state index contributed by atoms with van der Waals surface area (Å²) in [6.45, 7) is 0.187. The van der Waals surface area contributed by atoms with E-state index in [2.05, 4.69) is 38.6 Å². The Kier molecular flexibility index (Phi) is 12.4. The summed E-state index contributed by atoms with van der Waals surface area (Å²) in [7, 11) is 0. The smallest absolute Gasteiger partial charge is 0.326 e. The number of aromatic amines is 1. The largest absolute Gasteiger partial charge is 0.508 e. The Morgan fingerprint density at radius 1 is 0.886 bits per heavy atom. The van der Waals surface area contributed by atoms with Crippen LogP contribution < -0.4 is 33.2 Å². The summed E-state index contributed by atoms with van der Waals surface area (Å²) in [6, 6.07) is 8.94. The van der Waals surface area contributed by atoms with E-state index in [1.807, 2.05) is 24.3 Å². The van der Waals surface area contributed by atoms with Gasteiger partial charge in [0.1, 0.15) is 23.9 Å². The number of aliphatic imine (C=N–C) groups is 1. The van der Waals surface area contributed by atoms with Crippen molar-refractivity contribution >= 4 is 53.2 Å². The molecule has 15 heteroatoms. The number of thiol groups is 1. The van der Waals surface area contributed by atoms with Crippen LogP contribution in [0.4, 0.5) is 0 Å². The van der Waals surface area contributed by atoms with Crippen LogP contribution in [0.1, 0.15) is 24.0 Å². The number of aromatic nitrogens is 1. The molecule has 14 nitrogen and oxygen atoms in total. The lowest BCUT2D eigenvalue weighted by atomic mass is 10.0. The first-order chi connectivity index (χ1) is 21.0. The van der Waals surface area contributed by atoms with Crippen molar-refractivity contribution in [2.75, 3.05) is 12.3 Å². The molecule has 12 N–H and O–H groups in total. The molecule has 44 heavy (non-hydrogen) atoms. The second kappa shape index (κ2) is 16.2. The molecule has 4 atom stereocenters. The molecule has 0 aliphatic carbocycles. The van der Waals surface area contributed by atoms with E-state index < -0.39 is 47.9 Å². The summed E-state index contributed by atoms with van der Waals surface area (Å²) in [5.74, 6) is -3.52. The number of para-hydroxylation sites is 1. The number of nitrogens with zero attached hydrogens (tertiary/aromatic N) is 1. The Balaban J connectivity index is 1.67. The fraction of sp³-hybridized carbons (Fsp3) is 0.345. The highest BCUT2D eigenvalue weighted by molar-refractivity contribution is 7.80. The molecule has 0 aliphatic rings. The highest BCUT2D eigenvalue weighted by atomic mass is 32.1. The van der Waals surface area contributed by atoms with Crippen molar-refractivity contribution in [1.29, 1.82) is 0 Å². The van der Waals surface area contributed by atoms with Gasteiger partial charge in [-0.05, 0) is 48.6 Å². The predicted molar refractivity (Wildman–Crippen MR) is 169 cm³/mol. The number of nitrogens with one attached hydrogen (secondary N) is 4. The van der Waals surface area contributed by atoms with E-state index in [4.69, 9.17) is 17.2 Å². The summed E-state index contributed by atoms with van der Waals surface area (Å²) in [6.07, 6.45) is 2.25. The normalized spacial score (nSPS) is 13.7. The number of hydrogen-bond donors (Lipinski definition) is 10. The number of guanidine groups is 1. The van der Waals surface area contributed by atoms with Crippen molar-refractivity contribution in [3.63, 3.8) is 0 Å². The number of carbonyl (C=O) groups excluding carboxylic acids is 3. The number of H-pyrrole nitrogens is 1. The van der Waals surface area contributed by atoms with E-state index in [1.165, 1.54) is 12.1 Å². The van der Waals surface area contributed by atoms with Crippen LogP contribution in [0.2, 0.25) is 0 Å². The number of hydrogen-bond acceptors (Lipinski definition) is 8. The van der Waals surface area contributed by atoms with Crippen molar-refractivity contribution in [1.82, 2.24) is 20.9 Å². The van der Waals surface area contributed by atoms with Crippen LogP contribution in [-0.2, 0) is 32.0 Å². The van der Waals surface area contributed by atoms with Crippen LogP contribution in [0.5, 0.6) is 5.75 Å². The Bertz CT molecular complexity index is 1470. The zero-order valence-corrected chi connectivity index (χ0v) is 24.8. The number of carboxylic acid groups (broad SMARTS) is 1. The average molecular weight is 627 g/mol. The van der Waals surface area contributed by atoms with Crippen LogP contribution in [-0.4, -0.2) is 81.3 Å². The fourth-order valence-corrected chi connectivity index (χ4v) is 4.75. The Hall–Kier alpha value is -4.76. The number of nitrogens with two attached hydrogens (primary N) is 3. The maximum absolute atomic E-state index is 13.3. The zero-order chi connectivity index (χ0) is 32.2. The Labute approximate surface area is 259 Å². The van der Waals surface area contributed by atoms with Crippen molar-refractivity contribution in [2.24, 2.45) is 22.2 Å². The fourth-order valence-electron chi connectivity index (χ4n) is 4.49. The highest BCUT2D eigenvalue weighted by Gasteiger charge is 2.30. The van der Waals surface area contributed by atoms with Gasteiger partial charge in [0.2, 0.25) is 17.7 Å². The van der Waals surface area contributed by atoms with Crippen LogP contribution in [0.3, 0.4) is 0 Å². The summed E-state index contributed by atoms with van der Waals surface area (Å²) in [5, 5.41) is 27.8. The molecule has 0 fully saturated rings. The molecule has 3 amide bonds. The van der Waals surface area contributed by atoms with Gasteiger partial charge in [-0.1, -0.05) is 30.3 Å². The molecule has 1 aromatic heterocycles. The van der Waals surface area contributed by atoms with Crippen molar-refractivity contribution in [3.05, 3.63) is 65.9 Å². The number of aliphatic carboxylic acids is 1. The third-order valence-corrected chi connectivity index (χ3v) is 7.20. The predicted octanol–water partition coefficient (Wildman–Crippen LogP) is -0.492. The second-order valence-electron chi connectivity index (χ2n) is 10.2. The molecule has 0 saturated carbocycles. The molecule has 2 aromatic carbocycles. The molecule has 3 aromatic rings. The summed E-state index contributed by atoms with van der Waals surface area (Å²) < 4.78 is 0. The average Bonchev–Trinajstić information content (AvgIpc) is 3.40. The van der Waals surface area contributed by atoms with Crippen LogP contribution in [0.15, 0.2) is 59.7 Å². The zero-order valence-electron chi connectivity index (χ0n) is 23.9. The van der Waals surface area contributed by atoms with Gasteiger partial charge in [-0.2, -0.15) is 12.6 Å². The lowest BCUT2D eigenvalue weighted by Crippen LogP contribution is -2.58. The number of carboxylic acids is 1. The number of benzene rings is 2. The third-order valence-electron chi connectivity index (χ3n) is 6.84. The van der Waals surface area contributed by atoms with E-state index in [0.29, 0.717) is 17.5 Å². The molecule has 236 valence electrons. The standard InChI is InChI=1S/C29H38N8O6S/c30-20(12-16-7-9-18(38)10-8-16)25(39)35-22(6-3-11-33-29(31)32)26(40)37-24(15-44)27(41)36-23(28(42)43)13-17-14-34-21-5-2-1-4-19(17)21/h1-2,4-5,7-10,14,20,22-24,34,38,44H,3,6,11-13,15,30H2,(H,35,39)(H,36,41)(H,37,40)(H,42,43)(H4,31,32,33). The van der Waals surface area contributed by atoms with Crippen LogP contribution >= 0.6 is 12.6 Å². The molecular formula is C29H38N8O6S. The van der Waals surface area contributed by atoms with Crippen LogP contribution in [0, 0.1) is 0 Å². The molecule has 0 radical (unpaired) electrons. The van der Waals surface area contributed by atoms with E-state index in [9.17, 15) is 29.4 Å². The topological polar surface area (TPSA) is 251 Å². The lowest BCUT2D eigenvalue weighted by Gasteiger charge is -2.24. The molecular weight excluding hydrogens is 588 g/mol. The Morgan fingerprint density at radius 3 is 2.18 bits per heavy atom. The van der Waals surface area contributed by atoms with Gasteiger partial charge in [0, 0.05) is 35.8 Å². The number of amides is 3. The van der Waals surface area contributed by atoms with E-state index >= 15 is 0 Å². The maximum atomic E-state index is 13.3. The van der Waals surface area contributed by atoms with Gasteiger partial charge in [0.25, 0.3) is 0 Å². The Morgan fingerprint density at radius 2 is 1.52 bits per heavy atom. The van der Waals surface area contributed by atoms with Gasteiger partial charge < -0.3 is 48.3 Å². The van der Waals surface area contributed by atoms with Gasteiger partial charge in [-0.3, -0.25) is 19.4 Å². The minimum atomic E-state index is -1.28. The number of phenolic OH excluding ortho intramolecular Hbond substituents is 1. The van der Waals surface area contributed by atoms with E-state index in [0.717, 1.165) is 10.9 Å². The first kappa shape index (κ1) is 33.7. The first-order valence-corrected chi connectivity index (χ1v) is 14.5. The quantitative estimate of drug-likeness (QED) is 0.0425. The summed E-state index contributed by atoms with van der Waals surface area (Å²) in [4.78, 5) is 58.3. The summed E-state index contributed by atoms with van der Waals surface area (Å²) >= 11 is 4.18. The lowest BCUT2D eigenvalue weighted by molar-refractivity contribution is -0.142. The molecule has 0 saturated heterocycles. The number of phenols is 1. The minimum Gasteiger partial charge on any atom is -0.508 e. The van der Waals surface area contributed by atoms with Crippen molar-refractivity contribution in [2.45, 2.75) is 49.9 Å². The highest BCUT2D eigenvalue weighted by Crippen LogP contribution is 2.19. The SMILES string of the molecule is NC(N)=NCCCC(NC(=O)C(N)Cc1ccc(O)cc1)C(=O)NC(CS)C(=O)NC(Cc1c[nH]c2ccccc12)C(=O)O. The molecule has 0 spiro atoms. The molecule has 1 heterocycles. The molecule has 4 unspecified atom stereocenters. The molecule has 3 rings (SSSR count).